The van der Waals surface area contributed by atoms with Crippen LogP contribution in [0.2, 0.25) is 0 Å². The molecule has 138 valence electrons. The van der Waals surface area contributed by atoms with Gasteiger partial charge in [0.2, 0.25) is 5.91 Å². The zero-order valence-corrected chi connectivity index (χ0v) is 15.7. The summed E-state index contributed by atoms with van der Waals surface area (Å²) in [5.74, 6) is -0.244. The molecule has 0 radical (unpaired) electrons. The maximum atomic E-state index is 12.8. The third kappa shape index (κ3) is 4.22. The van der Waals surface area contributed by atoms with E-state index in [1.807, 2.05) is 11.8 Å². The van der Waals surface area contributed by atoms with Gasteiger partial charge in [-0.2, -0.15) is 0 Å². The van der Waals surface area contributed by atoms with Gasteiger partial charge in [0.1, 0.15) is 0 Å². The molecular weight excluding hydrogens is 350 g/mol. The lowest BCUT2D eigenvalue weighted by Crippen LogP contribution is -2.36. The van der Waals surface area contributed by atoms with Crippen LogP contribution in [0.4, 0.5) is 5.69 Å². The molecule has 6 nitrogen and oxygen atoms in total. The molecule has 3 rings (SSSR count). The van der Waals surface area contributed by atoms with Crippen LogP contribution in [-0.4, -0.2) is 34.4 Å². The van der Waals surface area contributed by atoms with Crippen LogP contribution in [0, 0.1) is 6.92 Å². The molecule has 0 bridgehead atoms. The highest BCUT2D eigenvalue weighted by atomic mass is 32.1. The molecule has 0 unspecified atom stereocenters. The molecule has 0 atom stereocenters. The van der Waals surface area contributed by atoms with Crippen molar-refractivity contribution in [1.29, 1.82) is 0 Å². The highest BCUT2D eigenvalue weighted by Crippen LogP contribution is 2.20. The van der Waals surface area contributed by atoms with Gasteiger partial charge in [0.05, 0.1) is 11.3 Å². The van der Waals surface area contributed by atoms with Crippen molar-refractivity contribution < 1.29 is 9.59 Å². The second-order valence-corrected chi connectivity index (χ2v) is 7.31. The Balaban J connectivity index is 1.66. The van der Waals surface area contributed by atoms with Crippen molar-refractivity contribution in [2.45, 2.75) is 39.2 Å². The number of anilines is 1. The lowest BCUT2D eigenvalue weighted by Gasteiger charge is -2.27. The highest BCUT2D eigenvalue weighted by Gasteiger charge is 2.21. The van der Waals surface area contributed by atoms with Gasteiger partial charge in [-0.3, -0.25) is 14.4 Å². The number of rotatable bonds is 5. The summed E-state index contributed by atoms with van der Waals surface area (Å²) in [6, 6.07) is 7.11. The third-order valence-corrected chi connectivity index (χ3v) is 5.49. The van der Waals surface area contributed by atoms with Crippen molar-refractivity contribution in [2.75, 3.05) is 18.4 Å². The van der Waals surface area contributed by atoms with Crippen LogP contribution in [0.25, 0.3) is 0 Å². The van der Waals surface area contributed by atoms with E-state index in [1.54, 1.807) is 34.2 Å². The predicted octanol–water partition coefficient (Wildman–Crippen LogP) is 2.87. The highest BCUT2D eigenvalue weighted by molar-refractivity contribution is 7.07. The van der Waals surface area contributed by atoms with Gasteiger partial charge in [0.25, 0.3) is 5.91 Å². The summed E-state index contributed by atoms with van der Waals surface area (Å²) in [5, 5.41) is 4.62. The van der Waals surface area contributed by atoms with E-state index < -0.39 is 0 Å². The van der Waals surface area contributed by atoms with Gasteiger partial charge in [-0.05, 0) is 38.3 Å². The zero-order chi connectivity index (χ0) is 18.5. The molecule has 0 aliphatic carbocycles. The van der Waals surface area contributed by atoms with Crippen LogP contribution < -0.4 is 10.2 Å². The average molecular weight is 373 g/mol. The van der Waals surface area contributed by atoms with Crippen molar-refractivity contribution in [1.82, 2.24) is 9.47 Å². The lowest BCUT2D eigenvalue weighted by molar-refractivity contribution is -0.116. The van der Waals surface area contributed by atoms with Gasteiger partial charge in [-0.1, -0.05) is 23.5 Å². The molecule has 26 heavy (non-hydrogen) atoms. The normalized spacial score (nSPS) is 14.3. The summed E-state index contributed by atoms with van der Waals surface area (Å²) in [5.41, 5.74) is 1.91. The first-order chi connectivity index (χ1) is 12.6. The number of carbonyl (C=O) groups excluding carboxylic acids is 2. The number of amides is 2. The summed E-state index contributed by atoms with van der Waals surface area (Å²) in [6.07, 6.45) is 3.39. The maximum Gasteiger partial charge on any atom is 0.307 e. The Morgan fingerprint density at radius 3 is 2.58 bits per heavy atom. The first-order valence-corrected chi connectivity index (χ1v) is 9.77. The van der Waals surface area contributed by atoms with Crippen molar-refractivity contribution in [2.24, 2.45) is 0 Å². The number of piperidine rings is 1. The predicted molar refractivity (Wildman–Crippen MR) is 103 cm³/mol. The minimum Gasteiger partial charge on any atom is -0.339 e. The zero-order valence-electron chi connectivity index (χ0n) is 14.9. The van der Waals surface area contributed by atoms with Crippen LogP contribution in [0.1, 0.15) is 41.7 Å². The summed E-state index contributed by atoms with van der Waals surface area (Å²) in [7, 11) is 0. The number of para-hydroxylation sites is 1. The van der Waals surface area contributed by atoms with Crippen LogP contribution in [-0.2, 0) is 11.3 Å². The minimum atomic E-state index is -0.207. The van der Waals surface area contributed by atoms with E-state index >= 15 is 0 Å². The second kappa shape index (κ2) is 8.31. The monoisotopic (exact) mass is 373 g/mol. The van der Waals surface area contributed by atoms with E-state index in [0.717, 1.165) is 49.4 Å². The Labute approximate surface area is 156 Å². The number of hydrogen-bond donors (Lipinski definition) is 1. The minimum absolute atomic E-state index is 0.0366. The smallest absolute Gasteiger partial charge is 0.307 e. The maximum absolute atomic E-state index is 12.8. The molecule has 0 spiro atoms. The van der Waals surface area contributed by atoms with Crippen LogP contribution in [0.5, 0.6) is 0 Å². The van der Waals surface area contributed by atoms with Gasteiger partial charge in [0.15, 0.2) is 0 Å². The first kappa shape index (κ1) is 18.4. The molecular formula is C19H23N3O3S. The van der Waals surface area contributed by atoms with Gasteiger partial charge >= 0.3 is 4.87 Å². The standard InChI is InChI=1S/C19H23N3O3S/c1-14-13-26-19(25)22(14)12-9-17(23)20-16-8-4-3-7-15(16)18(24)21-10-5-2-6-11-21/h3-4,7-8,13H,2,5-6,9-12H2,1H3,(H,20,23). The fourth-order valence-electron chi connectivity index (χ4n) is 3.15. The number of aryl methyl sites for hydroxylation is 1. The van der Waals surface area contributed by atoms with Gasteiger partial charge in [-0.15, -0.1) is 0 Å². The van der Waals surface area contributed by atoms with Crippen LogP contribution in [0.15, 0.2) is 34.4 Å². The summed E-state index contributed by atoms with van der Waals surface area (Å²) >= 11 is 1.13. The van der Waals surface area contributed by atoms with E-state index in [-0.39, 0.29) is 23.1 Å². The number of benzene rings is 1. The Morgan fingerprint density at radius 2 is 1.88 bits per heavy atom. The van der Waals surface area contributed by atoms with E-state index in [9.17, 15) is 14.4 Å². The molecule has 0 saturated carbocycles. The molecule has 1 aromatic heterocycles. The molecule has 7 heteroatoms. The number of aromatic nitrogens is 1. The van der Waals surface area contributed by atoms with Crippen molar-refractivity contribution in [3.63, 3.8) is 0 Å². The molecule has 2 aromatic rings. The topological polar surface area (TPSA) is 71.4 Å². The number of hydrogen-bond acceptors (Lipinski definition) is 4. The molecule has 1 saturated heterocycles. The largest absolute Gasteiger partial charge is 0.339 e. The SMILES string of the molecule is Cc1csc(=O)n1CCC(=O)Nc1ccccc1C(=O)N1CCCCC1. The Bertz CT molecular complexity index is 850. The fourth-order valence-corrected chi connectivity index (χ4v) is 3.91. The molecule has 1 aromatic carbocycles. The van der Waals surface area contributed by atoms with Crippen molar-refractivity contribution in [3.05, 3.63) is 50.6 Å². The summed E-state index contributed by atoms with van der Waals surface area (Å²) in [4.78, 5) is 38.6. The van der Waals surface area contributed by atoms with Crippen molar-refractivity contribution >= 4 is 28.8 Å². The Hall–Kier alpha value is -2.41. The number of thiazole rings is 1. The molecule has 1 fully saturated rings. The Kier molecular flexibility index (Phi) is 5.88. The van der Waals surface area contributed by atoms with Gasteiger partial charge < -0.3 is 14.8 Å². The van der Waals surface area contributed by atoms with Crippen molar-refractivity contribution in [3.8, 4) is 0 Å². The third-order valence-electron chi connectivity index (χ3n) is 4.61. The van der Waals surface area contributed by atoms with E-state index in [1.165, 1.54) is 0 Å². The quantitative estimate of drug-likeness (QED) is 0.876. The Morgan fingerprint density at radius 1 is 1.15 bits per heavy atom. The van der Waals surface area contributed by atoms with Crippen LogP contribution >= 0.6 is 11.3 Å². The van der Waals surface area contributed by atoms with E-state index in [4.69, 9.17) is 0 Å². The molecule has 2 amide bonds. The van der Waals surface area contributed by atoms with E-state index in [2.05, 4.69) is 5.32 Å². The number of nitrogens with one attached hydrogen (secondary N) is 1. The molecule has 1 aliphatic rings. The molecule has 1 aliphatic heterocycles. The molecule has 2 heterocycles. The fraction of sp³-hybridized carbons (Fsp3) is 0.421. The number of carbonyl (C=O) groups is 2. The van der Waals surface area contributed by atoms with E-state index in [0.29, 0.717) is 17.8 Å². The average Bonchev–Trinajstić information content (AvgIpc) is 2.98. The van der Waals surface area contributed by atoms with Gasteiger partial charge in [-0.25, -0.2) is 0 Å². The second-order valence-electron chi connectivity index (χ2n) is 6.49. The summed E-state index contributed by atoms with van der Waals surface area (Å²) < 4.78 is 1.59. The van der Waals surface area contributed by atoms with Gasteiger partial charge in [0, 0.05) is 37.1 Å². The number of likely N-dealkylation sites (tertiary alicyclic amines) is 1. The molecule has 1 N–H and O–H groups in total. The lowest BCUT2D eigenvalue weighted by atomic mass is 10.1. The first-order valence-electron chi connectivity index (χ1n) is 8.89. The summed E-state index contributed by atoms with van der Waals surface area (Å²) in [6.45, 7) is 3.72. The van der Waals surface area contributed by atoms with Crippen LogP contribution in [0.3, 0.4) is 0 Å². The number of nitrogens with zero attached hydrogens (tertiary/aromatic N) is 2.